The van der Waals surface area contributed by atoms with Crippen molar-refractivity contribution in [1.82, 2.24) is 10.2 Å². The number of carboxylic acids is 1. The van der Waals surface area contributed by atoms with Gasteiger partial charge >= 0.3 is 5.97 Å². The summed E-state index contributed by atoms with van der Waals surface area (Å²) in [6, 6.07) is 16.8. The molecule has 1 unspecified atom stereocenters. The number of nitrogens with one attached hydrogen (secondary N) is 1. The molecule has 40 heavy (non-hydrogen) atoms. The second-order valence-corrected chi connectivity index (χ2v) is 11.9. The molecule has 220 valence electrons. The lowest BCUT2D eigenvalue weighted by molar-refractivity contribution is -0.142. The lowest BCUT2D eigenvalue weighted by Crippen LogP contribution is -2.40. The SMILES string of the molecule is CCCCCCCCCC(=O)NC(CCCCN(Cc1ccccc1)C(=O)c1ccc(C(C)(C)C)cc1)C(=O)O. The Hall–Kier alpha value is -3.15. The van der Waals surface area contributed by atoms with Crippen LogP contribution in [0.4, 0.5) is 0 Å². The minimum atomic E-state index is -1.01. The van der Waals surface area contributed by atoms with Crippen molar-refractivity contribution in [3.8, 4) is 0 Å². The molecule has 2 amide bonds. The standard InChI is InChI=1S/C34H50N2O4/c1-5-6-7-8-9-10-14-20-31(37)35-30(33(39)40)19-15-16-25-36(26-27-17-12-11-13-18-27)32(38)28-21-23-29(24-22-28)34(2,3)4/h11-13,17-18,21-24,30H,5-10,14-16,19-20,25-26H2,1-4H3,(H,35,37)(H,39,40). The van der Waals surface area contributed by atoms with Gasteiger partial charge in [-0.25, -0.2) is 4.79 Å². The average Bonchev–Trinajstić information content (AvgIpc) is 2.93. The molecule has 2 aromatic rings. The smallest absolute Gasteiger partial charge is 0.326 e. The number of amides is 2. The number of carboxylic acid groups (broad SMARTS) is 1. The van der Waals surface area contributed by atoms with Crippen molar-refractivity contribution < 1.29 is 19.5 Å². The van der Waals surface area contributed by atoms with E-state index in [0.717, 1.165) is 24.8 Å². The summed E-state index contributed by atoms with van der Waals surface area (Å²) in [5.74, 6) is -1.24. The van der Waals surface area contributed by atoms with E-state index in [0.29, 0.717) is 44.3 Å². The highest BCUT2D eigenvalue weighted by atomic mass is 16.4. The van der Waals surface area contributed by atoms with Crippen molar-refractivity contribution in [2.75, 3.05) is 6.54 Å². The Balaban J connectivity index is 1.89. The third-order valence-electron chi connectivity index (χ3n) is 7.31. The predicted octanol–water partition coefficient (Wildman–Crippen LogP) is 7.51. The van der Waals surface area contributed by atoms with E-state index >= 15 is 0 Å². The molecule has 2 rings (SSSR count). The molecule has 0 aliphatic heterocycles. The molecule has 6 nitrogen and oxygen atoms in total. The molecular weight excluding hydrogens is 500 g/mol. The topological polar surface area (TPSA) is 86.7 Å². The van der Waals surface area contributed by atoms with Crippen molar-refractivity contribution in [3.05, 3.63) is 71.3 Å². The summed E-state index contributed by atoms with van der Waals surface area (Å²) in [6.45, 7) is 9.62. The van der Waals surface area contributed by atoms with Crippen molar-refractivity contribution in [1.29, 1.82) is 0 Å². The van der Waals surface area contributed by atoms with Gasteiger partial charge in [-0.3, -0.25) is 9.59 Å². The van der Waals surface area contributed by atoms with E-state index in [2.05, 4.69) is 33.0 Å². The van der Waals surface area contributed by atoms with Crippen molar-refractivity contribution >= 4 is 17.8 Å². The number of hydrogen-bond donors (Lipinski definition) is 2. The minimum Gasteiger partial charge on any atom is -0.480 e. The van der Waals surface area contributed by atoms with Crippen LogP contribution in [0.2, 0.25) is 0 Å². The van der Waals surface area contributed by atoms with E-state index in [1.54, 1.807) is 0 Å². The van der Waals surface area contributed by atoms with Gasteiger partial charge in [0.05, 0.1) is 0 Å². The number of hydrogen-bond acceptors (Lipinski definition) is 3. The van der Waals surface area contributed by atoms with Gasteiger partial charge in [-0.2, -0.15) is 0 Å². The monoisotopic (exact) mass is 550 g/mol. The Labute approximate surface area is 241 Å². The van der Waals surface area contributed by atoms with Gasteiger partial charge in [0.25, 0.3) is 5.91 Å². The van der Waals surface area contributed by atoms with Crippen LogP contribution in [0.3, 0.4) is 0 Å². The van der Waals surface area contributed by atoms with E-state index in [-0.39, 0.29) is 17.2 Å². The van der Waals surface area contributed by atoms with Gasteiger partial charge in [0.1, 0.15) is 6.04 Å². The maximum absolute atomic E-state index is 13.5. The molecule has 0 saturated heterocycles. The highest BCUT2D eigenvalue weighted by Crippen LogP contribution is 2.23. The lowest BCUT2D eigenvalue weighted by atomic mass is 9.86. The van der Waals surface area contributed by atoms with Crippen LogP contribution in [-0.4, -0.2) is 40.4 Å². The minimum absolute atomic E-state index is 0.00957. The van der Waals surface area contributed by atoms with Crippen LogP contribution in [0.25, 0.3) is 0 Å². The average molecular weight is 551 g/mol. The van der Waals surface area contributed by atoms with Gasteiger partial charge in [-0.05, 0) is 54.4 Å². The van der Waals surface area contributed by atoms with Gasteiger partial charge in [0, 0.05) is 25.1 Å². The quantitative estimate of drug-likeness (QED) is 0.188. The van der Waals surface area contributed by atoms with E-state index < -0.39 is 12.0 Å². The largest absolute Gasteiger partial charge is 0.480 e. The molecule has 0 aliphatic carbocycles. The summed E-state index contributed by atoms with van der Waals surface area (Å²) in [7, 11) is 0. The first kappa shape index (κ1) is 33.1. The van der Waals surface area contributed by atoms with Crippen molar-refractivity contribution in [2.24, 2.45) is 0 Å². The first-order valence-corrected chi connectivity index (χ1v) is 15.1. The zero-order valence-electron chi connectivity index (χ0n) is 25.1. The summed E-state index contributed by atoms with van der Waals surface area (Å²) in [5.41, 5.74) is 2.87. The number of aliphatic carboxylic acids is 1. The maximum atomic E-state index is 13.5. The summed E-state index contributed by atoms with van der Waals surface area (Å²) >= 11 is 0. The molecular formula is C34H50N2O4. The van der Waals surface area contributed by atoms with Gasteiger partial charge in [-0.1, -0.05) is 109 Å². The molecule has 0 spiro atoms. The fourth-order valence-electron chi connectivity index (χ4n) is 4.77. The molecule has 2 N–H and O–H groups in total. The molecule has 2 aromatic carbocycles. The molecule has 0 heterocycles. The van der Waals surface area contributed by atoms with E-state index in [9.17, 15) is 19.5 Å². The molecule has 0 aromatic heterocycles. The summed E-state index contributed by atoms with van der Waals surface area (Å²) in [4.78, 5) is 39.4. The number of carbonyl (C=O) groups excluding carboxylic acids is 2. The van der Waals surface area contributed by atoms with Gasteiger partial charge in [-0.15, -0.1) is 0 Å². The fourth-order valence-corrected chi connectivity index (χ4v) is 4.77. The predicted molar refractivity (Wildman–Crippen MR) is 162 cm³/mol. The second kappa shape index (κ2) is 17.5. The van der Waals surface area contributed by atoms with Crippen molar-refractivity contribution in [3.63, 3.8) is 0 Å². The van der Waals surface area contributed by atoms with Crippen LogP contribution >= 0.6 is 0 Å². The van der Waals surface area contributed by atoms with Crippen LogP contribution in [0.15, 0.2) is 54.6 Å². The Kier molecular flexibility index (Phi) is 14.5. The Morgan fingerprint density at radius 3 is 2.05 bits per heavy atom. The number of benzene rings is 2. The zero-order valence-corrected chi connectivity index (χ0v) is 25.1. The Bertz CT molecular complexity index is 1030. The highest BCUT2D eigenvalue weighted by molar-refractivity contribution is 5.94. The first-order valence-electron chi connectivity index (χ1n) is 15.1. The molecule has 0 saturated carbocycles. The normalized spacial score (nSPS) is 12.1. The summed E-state index contributed by atoms with van der Waals surface area (Å²) in [5, 5.41) is 12.4. The first-order chi connectivity index (χ1) is 19.1. The zero-order chi connectivity index (χ0) is 29.4. The van der Waals surface area contributed by atoms with Gasteiger partial charge < -0.3 is 15.3 Å². The Morgan fingerprint density at radius 2 is 1.45 bits per heavy atom. The second-order valence-electron chi connectivity index (χ2n) is 11.9. The maximum Gasteiger partial charge on any atom is 0.326 e. The van der Waals surface area contributed by atoms with Crippen LogP contribution in [0, 0.1) is 0 Å². The third-order valence-corrected chi connectivity index (χ3v) is 7.31. The lowest BCUT2D eigenvalue weighted by Gasteiger charge is -2.24. The van der Waals surface area contributed by atoms with Crippen LogP contribution in [0.5, 0.6) is 0 Å². The molecule has 0 bridgehead atoms. The number of rotatable bonds is 18. The molecule has 1 atom stereocenters. The van der Waals surface area contributed by atoms with E-state index in [4.69, 9.17) is 0 Å². The van der Waals surface area contributed by atoms with E-state index in [1.807, 2.05) is 59.5 Å². The molecule has 6 heteroatoms. The van der Waals surface area contributed by atoms with Crippen LogP contribution < -0.4 is 5.32 Å². The highest BCUT2D eigenvalue weighted by Gasteiger charge is 2.21. The van der Waals surface area contributed by atoms with E-state index in [1.165, 1.54) is 31.2 Å². The molecule has 0 radical (unpaired) electrons. The van der Waals surface area contributed by atoms with Crippen LogP contribution in [0.1, 0.15) is 120 Å². The Morgan fingerprint density at radius 1 is 0.825 bits per heavy atom. The number of carbonyl (C=O) groups is 3. The van der Waals surface area contributed by atoms with Crippen LogP contribution in [-0.2, 0) is 21.5 Å². The van der Waals surface area contributed by atoms with Gasteiger partial charge in [0.15, 0.2) is 0 Å². The molecule has 0 aliphatic rings. The number of unbranched alkanes of at least 4 members (excludes halogenated alkanes) is 7. The molecule has 0 fully saturated rings. The van der Waals surface area contributed by atoms with Gasteiger partial charge in [0.2, 0.25) is 5.91 Å². The fraction of sp³-hybridized carbons (Fsp3) is 0.559. The summed E-state index contributed by atoms with van der Waals surface area (Å²) in [6.07, 6.45) is 9.75. The summed E-state index contributed by atoms with van der Waals surface area (Å²) < 4.78 is 0. The number of nitrogens with zero attached hydrogens (tertiary/aromatic N) is 1. The van der Waals surface area contributed by atoms with Crippen molar-refractivity contribution in [2.45, 2.75) is 116 Å². The third kappa shape index (κ3) is 12.4.